The van der Waals surface area contributed by atoms with E-state index in [1.807, 2.05) is 0 Å². The molecule has 2 aromatic rings. The quantitative estimate of drug-likeness (QED) is 0.817. The van der Waals surface area contributed by atoms with Crippen molar-refractivity contribution >= 4 is 0 Å². The summed E-state index contributed by atoms with van der Waals surface area (Å²) in [5.74, 6) is 0.466. The first kappa shape index (κ1) is 17.4. The number of alkyl halides is 3. The molecule has 10 heteroatoms. The predicted octanol–water partition coefficient (Wildman–Crippen LogP) is 1.86. The Morgan fingerprint density at radius 1 is 1.26 bits per heavy atom. The van der Waals surface area contributed by atoms with Gasteiger partial charge < -0.3 is 4.74 Å². The molecule has 1 N–H and O–H groups in total. The molecule has 0 bridgehead atoms. The van der Waals surface area contributed by atoms with Crippen LogP contribution in [0.25, 0.3) is 0 Å². The van der Waals surface area contributed by atoms with Crippen LogP contribution >= 0.6 is 0 Å². The van der Waals surface area contributed by atoms with Gasteiger partial charge in [0.25, 0.3) is 0 Å². The molecule has 23 heavy (non-hydrogen) atoms. The minimum Gasteiger partial charge on any atom is -0.372 e. The summed E-state index contributed by atoms with van der Waals surface area (Å²) < 4.78 is 42.2. The monoisotopic (exact) mass is 332 g/mol. The number of rotatable bonds is 6. The number of aromatic nitrogens is 6. The average Bonchev–Trinajstić information content (AvgIpc) is 3.03. The van der Waals surface area contributed by atoms with Crippen LogP contribution in [0.1, 0.15) is 37.9 Å². The molecule has 0 fully saturated rings. The van der Waals surface area contributed by atoms with E-state index in [9.17, 15) is 13.2 Å². The Kier molecular flexibility index (Phi) is 5.03. The van der Waals surface area contributed by atoms with Crippen molar-refractivity contribution in [1.82, 2.24) is 30.4 Å². The van der Waals surface area contributed by atoms with Crippen molar-refractivity contribution in [2.24, 2.45) is 0 Å². The van der Waals surface area contributed by atoms with E-state index in [1.54, 1.807) is 6.20 Å². The Bertz CT molecular complexity index is 628. The summed E-state index contributed by atoms with van der Waals surface area (Å²) in [6, 6.07) is 0. The smallest absolute Gasteiger partial charge is 0.372 e. The number of hydrogen-bond acceptors (Lipinski definition) is 5. The summed E-state index contributed by atoms with van der Waals surface area (Å²) in [5.41, 5.74) is 1.78. The van der Waals surface area contributed by atoms with Crippen LogP contribution < -0.4 is 0 Å². The second-order valence-electron chi connectivity index (χ2n) is 6.19. The van der Waals surface area contributed by atoms with Gasteiger partial charge in [-0.3, -0.25) is 5.10 Å². The maximum absolute atomic E-state index is 12.0. The molecule has 0 atom stereocenters. The molecule has 0 saturated carbocycles. The lowest BCUT2D eigenvalue weighted by molar-refractivity contribution is -0.173. The molecule has 0 aliphatic rings. The second kappa shape index (κ2) is 6.65. The van der Waals surface area contributed by atoms with Crippen LogP contribution in [0.2, 0.25) is 0 Å². The first-order valence-corrected chi connectivity index (χ1v) is 7.09. The molecule has 7 nitrogen and oxygen atoms in total. The second-order valence-corrected chi connectivity index (χ2v) is 6.19. The number of nitrogens with zero attached hydrogens (tertiary/aromatic N) is 5. The van der Waals surface area contributed by atoms with Crippen LogP contribution in [0.5, 0.6) is 0 Å². The van der Waals surface area contributed by atoms with Crippen molar-refractivity contribution in [1.29, 1.82) is 0 Å². The summed E-state index contributed by atoms with van der Waals surface area (Å²) in [5, 5.41) is 18.3. The Hall–Kier alpha value is -1.97. The van der Waals surface area contributed by atoms with Crippen molar-refractivity contribution in [3.8, 4) is 0 Å². The molecule has 0 saturated heterocycles. The van der Waals surface area contributed by atoms with Gasteiger partial charge in [-0.05, 0) is 10.4 Å². The van der Waals surface area contributed by atoms with E-state index in [0.29, 0.717) is 12.4 Å². The van der Waals surface area contributed by atoms with Gasteiger partial charge in [0.05, 0.1) is 19.3 Å². The molecular formula is C13H19F3N6O. The number of H-pyrrole nitrogens is 1. The summed E-state index contributed by atoms with van der Waals surface area (Å²) in [6.07, 6.45) is -2.43. The van der Waals surface area contributed by atoms with Gasteiger partial charge in [0.15, 0.2) is 5.82 Å². The van der Waals surface area contributed by atoms with Crippen molar-refractivity contribution in [2.45, 2.75) is 45.3 Å². The lowest BCUT2D eigenvalue weighted by Gasteiger charge is -2.18. The lowest BCUT2D eigenvalue weighted by atomic mass is 9.89. The number of tetrazole rings is 1. The van der Waals surface area contributed by atoms with E-state index in [1.165, 1.54) is 4.68 Å². The van der Waals surface area contributed by atoms with Crippen LogP contribution in [0.4, 0.5) is 13.2 Å². The Morgan fingerprint density at radius 3 is 2.65 bits per heavy atom. The van der Waals surface area contributed by atoms with Crippen molar-refractivity contribution in [3.63, 3.8) is 0 Å². The molecule has 2 heterocycles. The molecule has 0 unspecified atom stereocenters. The van der Waals surface area contributed by atoms with Crippen LogP contribution in [-0.2, 0) is 23.1 Å². The minimum atomic E-state index is -4.33. The number of aromatic amines is 1. The molecule has 0 amide bonds. The maximum Gasteiger partial charge on any atom is 0.411 e. The molecule has 0 aromatic carbocycles. The largest absolute Gasteiger partial charge is 0.411 e. The molecule has 0 aliphatic carbocycles. The first-order valence-electron chi connectivity index (χ1n) is 7.09. The normalized spacial score (nSPS) is 12.8. The van der Waals surface area contributed by atoms with Gasteiger partial charge >= 0.3 is 6.18 Å². The Morgan fingerprint density at radius 2 is 2.00 bits per heavy atom. The zero-order valence-corrected chi connectivity index (χ0v) is 13.2. The fourth-order valence-electron chi connectivity index (χ4n) is 2.12. The maximum atomic E-state index is 12.0. The van der Waals surface area contributed by atoms with E-state index < -0.39 is 12.8 Å². The molecule has 2 aromatic heterocycles. The van der Waals surface area contributed by atoms with Gasteiger partial charge in [0, 0.05) is 23.1 Å². The topological polar surface area (TPSA) is 81.5 Å². The van der Waals surface area contributed by atoms with Gasteiger partial charge in [0.2, 0.25) is 0 Å². The molecule has 0 spiro atoms. The number of hydrogen-bond donors (Lipinski definition) is 1. The van der Waals surface area contributed by atoms with E-state index in [-0.39, 0.29) is 18.4 Å². The summed E-state index contributed by atoms with van der Waals surface area (Å²) >= 11 is 0. The highest BCUT2D eigenvalue weighted by Crippen LogP contribution is 2.24. The SMILES string of the molecule is CC(C)(C)c1[nH]ncc1Cn1nnnc1CCOCC(F)(F)F. The van der Waals surface area contributed by atoms with E-state index >= 15 is 0 Å². The number of nitrogens with one attached hydrogen (secondary N) is 1. The van der Waals surface area contributed by atoms with Crippen LogP contribution in [-0.4, -0.2) is 49.8 Å². The third kappa shape index (κ3) is 5.02. The standard InChI is InChI=1S/C13H19F3N6O/c1-12(2,3)11-9(6-17-19-11)7-22-10(18-20-21-22)4-5-23-8-13(14,15)16/h6H,4-5,7-8H2,1-3H3,(H,17,19). The van der Waals surface area contributed by atoms with Gasteiger partial charge in [-0.2, -0.15) is 18.3 Å². The Labute approximate surface area is 131 Å². The van der Waals surface area contributed by atoms with Crippen molar-refractivity contribution in [2.75, 3.05) is 13.2 Å². The van der Waals surface area contributed by atoms with Gasteiger partial charge in [-0.15, -0.1) is 5.10 Å². The van der Waals surface area contributed by atoms with Crippen LogP contribution in [0, 0.1) is 0 Å². The molecule has 0 radical (unpaired) electrons. The van der Waals surface area contributed by atoms with E-state index in [4.69, 9.17) is 0 Å². The summed E-state index contributed by atoms with van der Waals surface area (Å²) in [6.45, 7) is 5.17. The van der Waals surface area contributed by atoms with Crippen molar-refractivity contribution in [3.05, 3.63) is 23.3 Å². The molecule has 2 rings (SSSR count). The third-order valence-corrected chi connectivity index (χ3v) is 3.13. The van der Waals surface area contributed by atoms with Gasteiger partial charge in [-0.1, -0.05) is 20.8 Å². The molecular weight excluding hydrogens is 313 g/mol. The van der Waals surface area contributed by atoms with Gasteiger partial charge in [0.1, 0.15) is 6.61 Å². The van der Waals surface area contributed by atoms with Crippen LogP contribution in [0.3, 0.4) is 0 Å². The molecule has 128 valence electrons. The zero-order chi connectivity index (χ0) is 17.1. The zero-order valence-electron chi connectivity index (χ0n) is 13.2. The summed E-state index contributed by atoms with van der Waals surface area (Å²) in [4.78, 5) is 0. The highest BCUT2D eigenvalue weighted by Gasteiger charge is 2.27. The van der Waals surface area contributed by atoms with E-state index in [0.717, 1.165) is 11.3 Å². The highest BCUT2D eigenvalue weighted by molar-refractivity contribution is 5.23. The Balaban J connectivity index is 1.98. The van der Waals surface area contributed by atoms with E-state index in [2.05, 4.69) is 51.2 Å². The fourth-order valence-corrected chi connectivity index (χ4v) is 2.12. The number of ether oxygens (including phenoxy) is 1. The predicted molar refractivity (Wildman–Crippen MR) is 74.8 cm³/mol. The highest BCUT2D eigenvalue weighted by atomic mass is 19.4. The van der Waals surface area contributed by atoms with Crippen molar-refractivity contribution < 1.29 is 17.9 Å². The summed E-state index contributed by atoms with van der Waals surface area (Å²) in [7, 11) is 0. The lowest BCUT2D eigenvalue weighted by Crippen LogP contribution is -2.19. The first-order chi connectivity index (χ1) is 10.7. The minimum absolute atomic E-state index is 0.0998. The molecule has 0 aliphatic heterocycles. The average molecular weight is 332 g/mol. The fraction of sp³-hybridized carbons (Fsp3) is 0.692. The third-order valence-electron chi connectivity index (χ3n) is 3.13. The van der Waals surface area contributed by atoms with Crippen LogP contribution in [0.15, 0.2) is 6.20 Å². The van der Waals surface area contributed by atoms with Gasteiger partial charge in [-0.25, -0.2) is 4.68 Å². The number of halogens is 3.